The van der Waals surface area contributed by atoms with Crippen LogP contribution < -0.4 is 9.64 Å². The fourth-order valence-electron chi connectivity index (χ4n) is 3.11. The summed E-state index contributed by atoms with van der Waals surface area (Å²) in [6.07, 6.45) is 0. The van der Waals surface area contributed by atoms with Crippen LogP contribution in [0.25, 0.3) is 0 Å². The van der Waals surface area contributed by atoms with Crippen LogP contribution in [0.1, 0.15) is 16.5 Å². The van der Waals surface area contributed by atoms with Gasteiger partial charge >= 0.3 is 0 Å². The standard InChI is InChI=1S/C22H17BrClNO2S/c23-16-6-11-20(27-13-15-4-2-1-3-5-15)19(12-16)22-25(21(26)14-28-22)18-9-7-17(24)8-10-18/h1-12,22H,13-14H2/t22-/m0/s1. The maximum atomic E-state index is 12.6. The predicted octanol–water partition coefficient (Wildman–Crippen LogP) is 6.46. The van der Waals surface area contributed by atoms with Crippen LogP contribution in [0.15, 0.2) is 77.3 Å². The number of amides is 1. The second kappa shape index (κ2) is 8.60. The first-order valence-electron chi connectivity index (χ1n) is 8.77. The van der Waals surface area contributed by atoms with Crippen molar-refractivity contribution in [2.75, 3.05) is 10.7 Å². The smallest absolute Gasteiger partial charge is 0.238 e. The lowest BCUT2D eigenvalue weighted by molar-refractivity contribution is -0.115. The van der Waals surface area contributed by atoms with Crippen LogP contribution in [0.2, 0.25) is 5.02 Å². The van der Waals surface area contributed by atoms with Crippen LogP contribution in [0.5, 0.6) is 5.75 Å². The highest BCUT2D eigenvalue weighted by molar-refractivity contribution is 9.10. The summed E-state index contributed by atoms with van der Waals surface area (Å²) < 4.78 is 7.09. The van der Waals surface area contributed by atoms with Crippen molar-refractivity contribution in [2.24, 2.45) is 0 Å². The Labute approximate surface area is 181 Å². The zero-order chi connectivity index (χ0) is 19.5. The third-order valence-electron chi connectivity index (χ3n) is 4.45. The maximum absolute atomic E-state index is 12.6. The molecule has 0 aromatic heterocycles. The van der Waals surface area contributed by atoms with Crippen LogP contribution in [0, 0.1) is 0 Å². The second-order valence-electron chi connectivity index (χ2n) is 6.36. The number of thioether (sulfide) groups is 1. The van der Waals surface area contributed by atoms with Crippen LogP contribution in [0.4, 0.5) is 5.69 Å². The lowest BCUT2D eigenvalue weighted by Crippen LogP contribution is -2.28. The Morgan fingerprint density at radius 1 is 1.07 bits per heavy atom. The predicted molar refractivity (Wildman–Crippen MR) is 119 cm³/mol. The topological polar surface area (TPSA) is 29.5 Å². The van der Waals surface area contributed by atoms with Crippen molar-refractivity contribution in [2.45, 2.75) is 12.0 Å². The van der Waals surface area contributed by atoms with Gasteiger partial charge in [0.15, 0.2) is 0 Å². The van der Waals surface area contributed by atoms with E-state index in [1.54, 1.807) is 23.9 Å². The van der Waals surface area contributed by atoms with E-state index in [2.05, 4.69) is 15.9 Å². The van der Waals surface area contributed by atoms with Crippen molar-refractivity contribution in [1.29, 1.82) is 0 Å². The van der Waals surface area contributed by atoms with Gasteiger partial charge in [0.2, 0.25) is 5.91 Å². The molecule has 0 spiro atoms. The van der Waals surface area contributed by atoms with Crippen molar-refractivity contribution in [3.63, 3.8) is 0 Å². The van der Waals surface area contributed by atoms with E-state index < -0.39 is 0 Å². The maximum Gasteiger partial charge on any atom is 0.238 e. The normalized spacial score (nSPS) is 16.4. The van der Waals surface area contributed by atoms with E-state index >= 15 is 0 Å². The molecule has 1 saturated heterocycles. The van der Waals surface area contributed by atoms with Crippen molar-refractivity contribution < 1.29 is 9.53 Å². The molecule has 4 rings (SSSR count). The summed E-state index contributed by atoms with van der Waals surface area (Å²) in [5, 5.41) is 0.492. The number of carbonyl (C=O) groups is 1. The molecule has 3 aromatic carbocycles. The van der Waals surface area contributed by atoms with E-state index in [-0.39, 0.29) is 11.3 Å². The van der Waals surface area contributed by atoms with Crippen molar-refractivity contribution >= 4 is 50.9 Å². The number of benzene rings is 3. The molecule has 3 aromatic rings. The highest BCUT2D eigenvalue weighted by Gasteiger charge is 2.35. The summed E-state index contributed by atoms with van der Waals surface area (Å²) in [4.78, 5) is 14.5. The van der Waals surface area contributed by atoms with Crippen molar-refractivity contribution in [1.82, 2.24) is 0 Å². The fraction of sp³-hybridized carbons (Fsp3) is 0.136. The van der Waals surface area contributed by atoms with E-state index in [9.17, 15) is 4.79 Å². The summed E-state index contributed by atoms with van der Waals surface area (Å²) >= 11 is 11.2. The molecular weight excluding hydrogens is 458 g/mol. The van der Waals surface area contributed by atoms with Gasteiger partial charge in [-0.05, 0) is 48.0 Å². The molecule has 142 valence electrons. The lowest BCUT2D eigenvalue weighted by atomic mass is 10.1. The van der Waals surface area contributed by atoms with Crippen molar-refractivity contribution in [3.05, 3.63) is 93.4 Å². The molecule has 1 aliphatic heterocycles. The zero-order valence-electron chi connectivity index (χ0n) is 14.8. The molecule has 3 nitrogen and oxygen atoms in total. The minimum atomic E-state index is -0.156. The van der Waals surface area contributed by atoms with Gasteiger partial charge in [-0.2, -0.15) is 0 Å². The highest BCUT2D eigenvalue weighted by Crippen LogP contribution is 2.45. The molecule has 0 radical (unpaired) electrons. The highest BCUT2D eigenvalue weighted by atomic mass is 79.9. The minimum Gasteiger partial charge on any atom is -0.489 e. The van der Waals surface area contributed by atoms with Gasteiger partial charge in [-0.25, -0.2) is 0 Å². The van der Waals surface area contributed by atoms with Crippen molar-refractivity contribution in [3.8, 4) is 5.75 Å². The third-order valence-corrected chi connectivity index (χ3v) is 6.39. The number of hydrogen-bond donors (Lipinski definition) is 0. The largest absolute Gasteiger partial charge is 0.489 e. The Bertz CT molecular complexity index is 982. The first-order valence-corrected chi connectivity index (χ1v) is 11.0. The molecular formula is C22H17BrClNO2S. The first-order chi connectivity index (χ1) is 13.6. The molecule has 6 heteroatoms. The van der Waals surface area contributed by atoms with E-state index in [0.29, 0.717) is 17.4 Å². The van der Waals surface area contributed by atoms with Crippen LogP contribution in [0.3, 0.4) is 0 Å². The van der Waals surface area contributed by atoms with Gasteiger partial charge < -0.3 is 4.74 Å². The minimum absolute atomic E-state index is 0.0753. The van der Waals surface area contributed by atoms with Gasteiger partial charge in [-0.1, -0.05) is 57.9 Å². The Morgan fingerprint density at radius 3 is 2.57 bits per heavy atom. The Balaban J connectivity index is 1.65. The Morgan fingerprint density at radius 2 is 1.82 bits per heavy atom. The van der Waals surface area contributed by atoms with Gasteiger partial charge in [-0.15, -0.1) is 11.8 Å². The quantitative estimate of drug-likeness (QED) is 0.425. The zero-order valence-corrected chi connectivity index (χ0v) is 18.0. The fourth-order valence-corrected chi connectivity index (χ4v) is 4.81. The SMILES string of the molecule is O=C1CS[C@@H](c2cc(Br)ccc2OCc2ccccc2)N1c1ccc(Cl)cc1. The molecule has 0 aliphatic carbocycles. The van der Waals surface area contributed by atoms with Crippen LogP contribution in [-0.2, 0) is 11.4 Å². The van der Waals surface area contributed by atoms with Gasteiger partial charge in [-0.3, -0.25) is 9.69 Å². The number of rotatable bonds is 5. The molecule has 0 saturated carbocycles. The summed E-state index contributed by atoms with van der Waals surface area (Å²) in [6.45, 7) is 0.474. The molecule has 1 amide bonds. The molecule has 1 fully saturated rings. The second-order valence-corrected chi connectivity index (χ2v) is 8.78. The average molecular weight is 475 g/mol. The number of anilines is 1. The molecule has 0 unspecified atom stereocenters. The molecule has 28 heavy (non-hydrogen) atoms. The first kappa shape index (κ1) is 19.4. The van der Waals surface area contributed by atoms with E-state index in [1.807, 2.05) is 65.6 Å². The Kier molecular flexibility index (Phi) is 5.95. The monoisotopic (exact) mass is 473 g/mol. The summed E-state index contributed by atoms with van der Waals surface area (Å²) in [5.41, 5.74) is 2.90. The van der Waals surface area contributed by atoms with Crippen LogP contribution in [-0.4, -0.2) is 11.7 Å². The van der Waals surface area contributed by atoms with Gasteiger partial charge in [0, 0.05) is 20.7 Å². The average Bonchev–Trinajstić information content (AvgIpc) is 3.10. The number of halogens is 2. The van der Waals surface area contributed by atoms with E-state index in [4.69, 9.17) is 16.3 Å². The number of carbonyl (C=O) groups excluding carboxylic acids is 1. The summed E-state index contributed by atoms with van der Waals surface area (Å²) in [5.74, 6) is 1.28. The van der Waals surface area contributed by atoms with E-state index in [0.717, 1.165) is 27.0 Å². The number of hydrogen-bond acceptors (Lipinski definition) is 3. The molecule has 1 aliphatic rings. The molecule has 1 heterocycles. The van der Waals surface area contributed by atoms with Gasteiger partial charge in [0.25, 0.3) is 0 Å². The summed E-state index contributed by atoms with van der Waals surface area (Å²) in [7, 11) is 0. The van der Waals surface area contributed by atoms with Gasteiger partial charge in [0.05, 0.1) is 5.75 Å². The van der Waals surface area contributed by atoms with E-state index in [1.165, 1.54) is 0 Å². The molecule has 0 bridgehead atoms. The third kappa shape index (κ3) is 4.22. The lowest BCUT2D eigenvalue weighted by Gasteiger charge is -2.26. The van der Waals surface area contributed by atoms with Crippen LogP contribution >= 0.6 is 39.3 Å². The number of ether oxygens (including phenoxy) is 1. The Hall–Kier alpha value is -1.95. The number of nitrogens with zero attached hydrogens (tertiary/aromatic N) is 1. The summed E-state index contributed by atoms with van der Waals surface area (Å²) in [6, 6.07) is 23.3. The molecule has 0 N–H and O–H groups in total. The van der Waals surface area contributed by atoms with Gasteiger partial charge in [0.1, 0.15) is 17.7 Å². The molecule has 1 atom stereocenters.